The second kappa shape index (κ2) is 6.23. The number of hydrogen-bond donors (Lipinski definition) is 2. The van der Waals surface area contributed by atoms with E-state index >= 15 is 0 Å². The van der Waals surface area contributed by atoms with Crippen molar-refractivity contribution >= 4 is 28.4 Å². The number of hydrogen-bond acceptors (Lipinski definition) is 3. The molecule has 0 aliphatic heterocycles. The third-order valence-corrected chi connectivity index (χ3v) is 5.46. The van der Waals surface area contributed by atoms with Crippen molar-refractivity contribution in [3.8, 4) is 0 Å². The summed E-state index contributed by atoms with van der Waals surface area (Å²) in [6, 6.07) is 9.48. The van der Waals surface area contributed by atoms with Gasteiger partial charge in [0.25, 0.3) is 0 Å². The Hall–Kier alpha value is -2.43. The zero-order valence-electron chi connectivity index (χ0n) is 13.5. The molecule has 3 atom stereocenters. The summed E-state index contributed by atoms with van der Waals surface area (Å²) in [5, 5.41) is 6.35. The number of nitrogens with one attached hydrogen (secondary N) is 2. The number of fused-ring (bicyclic) bond motifs is 3. The Bertz CT molecular complexity index is 789. The van der Waals surface area contributed by atoms with E-state index in [0.29, 0.717) is 18.2 Å². The third kappa shape index (κ3) is 2.98. The first kappa shape index (κ1) is 15.1. The second-order valence-electron chi connectivity index (χ2n) is 7.02. The highest BCUT2D eigenvalue weighted by molar-refractivity contribution is 6.39. The van der Waals surface area contributed by atoms with Crippen molar-refractivity contribution in [2.24, 2.45) is 17.8 Å². The molecule has 24 heavy (non-hydrogen) atoms. The van der Waals surface area contributed by atoms with E-state index in [1.165, 1.54) is 25.7 Å². The van der Waals surface area contributed by atoms with Crippen molar-refractivity contribution < 1.29 is 9.59 Å². The van der Waals surface area contributed by atoms with Gasteiger partial charge in [0.1, 0.15) is 0 Å². The zero-order valence-corrected chi connectivity index (χ0v) is 13.5. The van der Waals surface area contributed by atoms with Crippen LogP contribution in [-0.2, 0) is 9.59 Å². The van der Waals surface area contributed by atoms with Gasteiger partial charge in [0.05, 0.1) is 17.4 Å². The van der Waals surface area contributed by atoms with Gasteiger partial charge < -0.3 is 10.6 Å². The van der Waals surface area contributed by atoms with Gasteiger partial charge >= 0.3 is 11.8 Å². The first-order valence-corrected chi connectivity index (χ1v) is 8.63. The molecule has 1 heterocycles. The maximum atomic E-state index is 12.1. The van der Waals surface area contributed by atoms with Crippen LogP contribution in [0.2, 0.25) is 0 Å². The summed E-state index contributed by atoms with van der Waals surface area (Å²) in [6.07, 6.45) is 6.69. The fraction of sp³-hybridized carbons (Fsp3) is 0.421. The molecule has 0 spiro atoms. The summed E-state index contributed by atoms with van der Waals surface area (Å²) in [4.78, 5) is 28.4. The molecule has 2 fully saturated rings. The van der Waals surface area contributed by atoms with Gasteiger partial charge in [0, 0.05) is 11.9 Å². The van der Waals surface area contributed by atoms with Crippen LogP contribution >= 0.6 is 0 Å². The van der Waals surface area contributed by atoms with Gasteiger partial charge in [0.15, 0.2) is 0 Å². The Morgan fingerprint density at radius 2 is 2.00 bits per heavy atom. The third-order valence-electron chi connectivity index (χ3n) is 5.46. The van der Waals surface area contributed by atoms with Crippen LogP contribution in [0.25, 0.3) is 10.9 Å². The molecule has 2 N–H and O–H groups in total. The lowest BCUT2D eigenvalue weighted by atomic mass is 9.89. The molecule has 0 radical (unpaired) electrons. The van der Waals surface area contributed by atoms with Crippen molar-refractivity contribution in [2.45, 2.75) is 25.7 Å². The lowest BCUT2D eigenvalue weighted by Crippen LogP contribution is -2.39. The van der Waals surface area contributed by atoms with E-state index in [2.05, 4.69) is 15.6 Å². The Morgan fingerprint density at radius 3 is 2.79 bits per heavy atom. The molecular weight excluding hydrogens is 302 g/mol. The number of anilines is 1. The van der Waals surface area contributed by atoms with Crippen LogP contribution in [0.1, 0.15) is 25.7 Å². The number of aromatic nitrogens is 1. The van der Waals surface area contributed by atoms with Crippen molar-refractivity contribution in [2.75, 3.05) is 11.9 Å². The molecule has 2 aromatic rings. The number of carbonyl (C=O) groups excluding carboxylic acids is 2. The monoisotopic (exact) mass is 323 g/mol. The second-order valence-corrected chi connectivity index (χ2v) is 7.02. The summed E-state index contributed by atoms with van der Waals surface area (Å²) in [7, 11) is 0. The SMILES string of the molecule is O=C(NCC1CC2CCC1C2)C(=O)Nc1cnc2ccccc2c1. The van der Waals surface area contributed by atoms with Crippen LogP contribution in [0, 0.1) is 17.8 Å². The molecule has 5 nitrogen and oxygen atoms in total. The van der Waals surface area contributed by atoms with Crippen molar-refractivity contribution in [1.82, 2.24) is 10.3 Å². The molecule has 1 aromatic carbocycles. The summed E-state index contributed by atoms with van der Waals surface area (Å²) >= 11 is 0. The van der Waals surface area contributed by atoms with Gasteiger partial charge in [-0.25, -0.2) is 0 Å². The number of rotatable bonds is 3. The van der Waals surface area contributed by atoms with Crippen molar-refractivity contribution in [1.29, 1.82) is 0 Å². The lowest BCUT2D eigenvalue weighted by molar-refractivity contribution is -0.136. The first-order valence-electron chi connectivity index (χ1n) is 8.63. The molecule has 124 valence electrons. The quantitative estimate of drug-likeness (QED) is 0.853. The molecule has 2 bridgehead atoms. The summed E-state index contributed by atoms with van der Waals surface area (Å²) in [5.41, 5.74) is 1.39. The molecule has 5 heteroatoms. The van der Waals surface area contributed by atoms with Gasteiger partial charge in [-0.1, -0.05) is 24.6 Å². The van der Waals surface area contributed by atoms with Crippen LogP contribution in [0.15, 0.2) is 36.5 Å². The molecule has 1 aromatic heterocycles. The number of para-hydroxylation sites is 1. The predicted octanol–water partition coefficient (Wildman–Crippen LogP) is 2.73. The van der Waals surface area contributed by atoms with Crippen LogP contribution in [0.4, 0.5) is 5.69 Å². The highest BCUT2D eigenvalue weighted by Crippen LogP contribution is 2.47. The Kier molecular flexibility index (Phi) is 3.92. The molecule has 3 unspecified atom stereocenters. The Balaban J connectivity index is 1.33. The van der Waals surface area contributed by atoms with E-state index < -0.39 is 11.8 Å². The summed E-state index contributed by atoms with van der Waals surface area (Å²) < 4.78 is 0. The first-order chi connectivity index (χ1) is 11.7. The zero-order chi connectivity index (χ0) is 16.5. The minimum Gasteiger partial charge on any atom is -0.348 e. The van der Waals surface area contributed by atoms with Crippen LogP contribution in [0.3, 0.4) is 0 Å². The fourth-order valence-corrected chi connectivity index (χ4v) is 4.26. The predicted molar refractivity (Wildman–Crippen MR) is 92.3 cm³/mol. The van der Waals surface area contributed by atoms with Crippen LogP contribution in [0.5, 0.6) is 0 Å². The van der Waals surface area contributed by atoms with Gasteiger partial charge in [0.2, 0.25) is 0 Å². The Labute approximate surface area is 140 Å². The maximum Gasteiger partial charge on any atom is 0.313 e. The Morgan fingerprint density at radius 1 is 1.12 bits per heavy atom. The minimum atomic E-state index is -0.629. The van der Waals surface area contributed by atoms with E-state index in [4.69, 9.17) is 0 Å². The minimum absolute atomic E-state index is 0.536. The topological polar surface area (TPSA) is 71.1 Å². The van der Waals surface area contributed by atoms with Crippen LogP contribution in [-0.4, -0.2) is 23.3 Å². The van der Waals surface area contributed by atoms with Gasteiger partial charge in [-0.2, -0.15) is 0 Å². The fourth-order valence-electron chi connectivity index (χ4n) is 4.26. The average Bonchev–Trinajstić information content (AvgIpc) is 3.22. The molecule has 0 saturated heterocycles. The van der Waals surface area contributed by atoms with Gasteiger partial charge in [-0.3, -0.25) is 14.6 Å². The molecule has 2 aliphatic carbocycles. The largest absolute Gasteiger partial charge is 0.348 e. The van der Waals surface area contributed by atoms with Crippen molar-refractivity contribution in [3.05, 3.63) is 36.5 Å². The highest BCUT2D eigenvalue weighted by atomic mass is 16.2. The number of nitrogens with zero attached hydrogens (tertiary/aromatic N) is 1. The van der Waals surface area contributed by atoms with E-state index in [1.807, 2.05) is 30.3 Å². The molecule has 4 rings (SSSR count). The molecular formula is C19H21N3O2. The maximum absolute atomic E-state index is 12.1. The summed E-state index contributed by atoms with van der Waals surface area (Å²) in [6.45, 7) is 0.614. The number of pyridine rings is 1. The molecule has 2 saturated carbocycles. The van der Waals surface area contributed by atoms with E-state index in [9.17, 15) is 9.59 Å². The number of benzene rings is 1. The standard InChI is InChI=1S/C19H21N3O2/c23-18(21-10-15-8-12-5-6-13(15)7-12)19(24)22-16-9-14-3-1-2-4-17(14)20-11-16/h1-4,9,11-13,15H,5-8,10H2,(H,21,23)(H,22,24). The summed E-state index contributed by atoms with van der Waals surface area (Å²) in [5.74, 6) is 0.932. The number of amides is 2. The number of carbonyl (C=O) groups is 2. The smallest absolute Gasteiger partial charge is 0.313 e. The lowest BCUT2D eigenvalue weighted by Gasteiger charge is -2.21. The van der Waals surface area contributed by atoms with Crippen LogP contribution < -0.4 is 10.6 Å². The molecule has 2 amide bonds. The highest BCUT2D eigenvalue weighted by Gasteiger charge is 2.39. The van der Waals surface area contributed by atoms with Gasteiger partial charge in [-0.15, -0.1) is 0 Å². The average molecular weight is 323 g/mol. The van der Waals surface area contributed by atoms with E-state index in [1.54, 1.807) is 6.20 Å². The van der Waals surface area contributed by atoms with E-state index in [0.717, 1.165) is 22.7 Å². The normalized spacial score (nSPS) is 24.9. The van der Waals surface area contributed by atoms with E-state index in [-0.39, 0.29) is 0 Å². The molecule has 2 aliphatic rings. The van der Waals surface area contributed by atoms with Crippen molar-refractivity contribution in [3.63, 3.8) is 0 Å². The van der Waals surface area contributed by atoms with Gasteiger partial charge in [-0.05, 0) is 49.1 Å².